The minimum atomic E-state index is 0.0647. The van der Waals surface area contributed by atoms with Gasteiger partial charge in [-0.25, -0.2) is 4.79 Å². The van der Waals surface area contributed by atoms with Crippen LogP contribution in [0.4, 0.5) is 4.79 Å². The third-order valence-electron chi connectivity index (χ3n) is 7.03. The van der Waals surface area contributed by atoms with Gasteiger partial charge in [0, 0.05) is 45.7 Å². The molecule has 3 fully saturated rings. The molecular formula is C23H34N4O2. The summed E-state index contributed by atoms with van der Waals surface area (Å²) >= 11 is 0. The average Bonchev–Trinajstić information content (AvgIpc) is 3.11. The van der Waals surface area contributed by atoms with Gasteiger partial charge in [-0.05, 0) is 56.2 Å². The molecule has 0 unspecified atom stereocenters. The molecule has 0 aromatic heterocycles. The Hall–Kier alpha value is -2.08. The van der Waals surface area contributed by atoms with E-state index in [-0.39, 0.29) is 11.9 Å². The van der Waals surface area contributed by atoms with Crippen LogP contribution in [0.5, 0.6) is 0 Å². The van der Waals surface area contributed by atoms with Crippen molar-refractivity contribution in [1.29, 1.82) is 0 Å². The highest BCUT2D eigenvalue weighted by Crippen LogP contribution is 2.29. The molecule has 1 aromatic rings. The van der Waals surface area contributed by atoms with E-state index in [0.717, 1.165) is 69.3 Å². The number of carbonyl (C=O) groups is 2. The van der Waals surface area contributed by atoms with Crippen LogP contribution in [-0.2, 0) is 11.3 Å². The zero-order chi connectivity index (χ0) is 20.2. The molecule has 158 valence electrons. The lowest BCUT2D eigenvalue weighted by molar-refractivity contribution is -0.136. The molecule has 4 rings (SSSR count). The summed E-state index contributed by atoms with van der Waals surface area (Å²) in [6.45, 7) is 6.01. The molecule has 0 aliphatic carbocycles. The third kappa shape index (κ3) is 4.74. The minimum Gasteiger partial charge on any atom is -0.342 e. The molecule has 3 heterocycles. The average molecular weight is 399 g/mol. The molecule has 6 heteroatoms. The first-order valence-electron chi connectivity index (χ1n) is 11.2. The predicted molar refractivity (Wildman–Crippen MR) is 113 cm³/mol. The summed E-state index contributed by atoms with van der Waals surface area (Å²) in [5.74, 6) is 1.89. The number of hydrogen-bond acceptors (Lipinski definition) is 3. The second-order valence-corrected chi connectivity index (χ2v) is 8.97. The van der Waals surface area contributed by atoms with E-state index in [4.69, 9.17) is 0 Å². The van der Waals surface area contributed by atoms with Crippen LogP contribution in [0, 0.1) is 17.8 Å². The first kappa shape index (κ1) is 20.2. The first-order chi connectivity index (χ1) is 14.1. The number of nitrogens with zero attached hydrogens (tertiary/aromatic N) is 3. The Bertz CT molecular complexity index is 688. The van der Waals surface area contributed by atoms with Crippen molar-refractivity contribution in [1.82, 2.24) is 20.0 Å². The fourth-order valence-corrected chi connectivity index (χ4v) is 5.18. The Morgan fingerprint density at radius 3 is 2.14 bits per heavy atom. The van der Waals surface area contributed by atoms with Crippen LogP contribution >= 0.6 is 0 Å². The summed E-state index contributed by atoms with van der Waals surface area (Å²) in [5.41, 5.74) is 1.13. The lowest BCUT2D eigenvalue weighted by atomic mass is 9.92. The molecule has 3 amide bonds. The molecule has 0 spiro atoms. The summed E-state index contributed by atoms with van der Waals surface area (Å²) < 4.78 is 0. The van der Waals surface area contributed by atoms with Gasteiger partial charge in [-0.1, -0.05) is 30.3 Å². The van der Waals surface area contributed by atoms with E-state index in [1.54, 1.807) is 4.90 Å². The van der Waals surface area contributed by atoms with Gasteiger partial charge in [0.1, 0.15) is 0 Å². The van der Waals surface area contributed by atoms with Gasteiger partial charge in [-0.15, -0.1) is 0 Å². The van der Waals surface area contributed by atoms with Gasteiger partial charge >= 0.3 is 6.03 Å². The fourth-order valence-electron chi connectivity index (χ4n) is 5.18. The molecule has 0 bridgehead atoms. The van der Waals surface area contributed by atoms with Crippen molar-refractivity contribution in [3.63, 3.8) is 0 Å². The minimum absolute atomic E-state index is 0.0647. The van der Waals surface area contributed by atoms with Crippen LogP contribution in [0.15, 0.2) is 30.3 Å². The second kappa shape index (κ2) is 9.16. The van der Waals surface area contributed by atoms with Gasteiger partial charge in [-0.3, -0.25) is 4.79 Å². The molecule has 0 radical (unpaired) electrons. The Kier molecular flexibility index (Phi) is 6.38. The molecule has 6 nitrogen and oxygen atoms in total. The molecule has 2 atom stereocenters. The van der Waals surface area contributed by atoms with Crippen LogP contribution in [0.2, 0.25) is 0 Å². The second-order valence-electron chi connectivity index (χ2n) is 8.97. The summed E-state index contributed by atoms with van der Waals surface area (Å²) in [6.07, 6.45) is 3.83. The first-order valence-corrected chi connectivity index (χ1v) is 11.2. The van der Waals surface area contributed by atoms with Crippen molar-refractivity contribution in [2.75, 3.05) is 46.3 Å². The van der Waals surface area contributed by atoms with Crippen LogP contribution in [-0.4, -0.2) is 73.0 Å². The third-order valence-corrected chi connectivity index (χ3v) is 7.03. The van der Waals surface area contributed by atoms with Gasteiger partial charge in [0.05, 0.1) is 0 Å². The number of urea groups is 1. The van der Waals surface area contributed by atoms with Crippen molar-refractivity contribution < 1.29 is 9.59 Å². The molecule has 3 aliphatic heterocycles. The van der Waals surface area contributed by atoms with E-state index in [0.29, 0.717) is 25.5 Å². The van der Waals surface area contributed by atoms with E-state index in [9.17, 15) is 9.59 Å². The maximum Gasteiger partial charge on any atom is 0.320 e. The maximum absolute atomic E-state index is 13.1. The molecule has 3 saturated heterocycles. The summed E-state index contributed by atoms with van der Waals surface area (Å²) in [5, 5.41) is 3.49. The largest absolute Gasteiger partial charge is 0.342 e. The highest BCUT2D eigenvalue weighted by atomic mass is 16.2. The van der Waals surface area contributed by atoms with Crippen LogP contribution in [0.1, 0.15) is 31.2 Å². The van der Waals surface area contributed by atoms with Crippen LogP contribution < -0.4 is 5.32 Å². The monoisotopic (exact) mass is 398 g/mol. The van der Waals surface area contributed by atoms with Crippen molar-refractivity contribution in [3.8, 4) is 0 Å². The topological polar surface area (TPSA) is 55.9 Å². The number of fused-ring (bicyclic) bond motifs is 1. The summed E-state index contributed by atoms with van der Waals surface area (Å²) in [4.78, 5) is 31.7. The molecule has 3 aliphatic rings. The summed E-state index contributed by atoms with van der Waals surface area (Å²) in [6, 6.07) is 10.1. The van der Waals surface area contributed by atoms with Gasteiger partial charge in [0.2, 0.25) is 5.91 Å². The van der Waals surface area contributed by atoms with E-state index in [1.807, 2.05) is 42.3 Å². The number of amides is 3. The van der Waals surface area contributed by atoms with Gasteiger partial charge < -0.3 is 20.0 Å². The Morgan fingerprint density at radius 1 is 0.931 bits per heavy atom. The smallest absolute Gasteiger partial charge is 0.320 e. The number of rotatable bonds is 3. The predicted octanol–water partition coefficient (Wildman–Crippen LogP) is 2.41. The quantitative estimate of drug-likeness (QED) is 0.851. The number of benzene rings is 1. The number of hydrogen-bond donors (Lipinski definition) is 1. The zero-order valence-electron chi connectivity index (χ0n) is 17.6. The van der Waals surface area contributed by atoms with E-state index in [1.165, 1.54) is 0 Å². The summed E-state index contributed by atoms with van der Waals surface area (Å²) in [7, 11) is 1.86. The lowest BCUT2D eigenvalue weighted by Gasteiger charge is -2.36. The maximum atomic E-state index is 13.1. The standard InChI is InChI=1S/C23H34N4O2/c1-25(17-18-5-3-2-4-6-18)23(29)27-13-7-19(8-14-27)22(28)26-11-9-20-15-24-16-21(20)10-12-26/h2-6,19-21,24H,7-17H2,1H3/t20-,21+. The highest BCUT2D eigenvalue weighted by molar-refractivity contribution is 5.80. The number of likely N-dealkylation sites (tertiary alicyclic amines) is 2. The van der Waals surface area contributed by atoms with Crippen LogP contribution in [0.25, 0.3) is 0 Å². The highest BCUT2D eigenvalue weighted by Gasteiger charge is 2.35. The van der Waals surface area contributed by atoms with E-state index < -0.39 is 0 Å². The van der Waals surface area contributed by atoms with Crippen molar-refractivity contribution in [3.05, 3.63) is 35.9 Å². The Labute approximate surface area is 174 Å². The number of piperidine rings is 1. The van der Waals surface area contributed by atoms with Crippen molar-refractivity contribution in [2.45, 2.75) is 32.2 Å². The van der Waals surface area contributed by atoms with Crippen LogP contribution in [0.3, 0.4) is 0 Å². The van der Waals surface area contributed by atoms with E-state index >= 15 is 0 Å². The lowest BCUT2D eigenvalue weighted by Crippen LogP contribution is -2.48. The Morgan fingerprint density at radius 2 is 1.52 bits per heavy atom. The zero-order valence-corrected chi connectivity index (χ0v) is 17.6. The SMILES string of the molecule is CN(Cc1ccccc1)C(=O)N1CCC(C(=O)N2CC[C@@H]3CNC[C@@H]3CC2)CC1. The molecular weight excluding hydrogens is 364 g/mol. The molecule has 0 saturated carbocycles. The molecule has 1 aromatic carbocycles. The van der Waals surface area contributed by atoms with Gasteiger partial charge in [0.15, 0.2) is 0 Å². The molecule has 29 heavy (non-hydrogen) atoms. The number of nitrogens with one attached hydrogen (secondary N) is 1. The normalized spacial score (nSPS) is 25.4. The fraction of sp³-hybridized carbons (Fsp3) is 0.652. The van der Waals surface area contributed by atoms with Gasteiger partial charge in [-0.2, -0.15) is 0 Å². The number of carbonyl (C=O) groups excluding carboxylic acids is 2. The van der Waals surface area contributed by atoms with Crippen molar-refractivity contribution >= 4 is 11.9 Å². The van der Waals surface area contributed by atoms with Gasteiger partial charge in [0.25, 0.3) is 0 Å². The van der Waals surface area contributed by atoms with Crippen molar-refractivity contribution in [2.24, 2.45) is 17.8 Å². The Balaban J connectivity index is 1.25. The molecule has 1 N–H and O–H groups in total. The van der Waals surface area contributed by atoms with E-state index in [2.05, 4.69) is 10.2 Å².